The van der Waals surface area contributed by atoms with Crippen LogP contribution in [-0.2, 0) is 29.0 Å². The van der Waals surface area contributed by atoms with Crippen molar-refractivity contribution >= 4 is 17.1 Å². The predicted molar refractivity (Wildman–Crippen MR) is 138 cm³/mol. The molecule has 2 aliphatic carbocycles. The summed E-state index contributed by atoms with van der Waals surface area (Å²) in [4.78, 5) is 15.9. The summed E-state index contributed by atoms with van der Waals surface area (Å²) < 4.78 is 38.2. The number of carboxylic acids is 1. The van der Waals surface area contributed by atoms with Gasteiger partial charge in [-0.25, -0.2) is 9.37 Å². The molecule has 0 radical (unpaired) electrons. The van der Waals surface area contributed by atoms with E-state index >= 15 is 0 Å². The topological polar surface area (TPSA) is 91.7 Å². The first-order chi connectivity index (χ1) is 17.9. The lowest BCUT2D eigenvalue weighted by atomic mass is 10.0. The first-order valence-electron chi connectivity index (χ1n) is 12.6. The highest BCUT2D eigenvalue weighted by atomic mass is 32.2. The molecule has 2 heterocycles. The van der Waals surface area contributed by atoms with Crippen LogP contribution in [0.1, 0.15) is 41.1 Å². The lowest BCUT2D eigenvalue weighted by molar-refractivity contribution is -0.139. The van der Waals surface area contributed by atoms with E-state index in [1.54, 1.807) is 12.1 Å². The van der Waals surface area contributed by atoms with E-state index in [2.05, 4.69) is 4.98 Å². The van der Waals surface area contributed by atoms with Crippen molar-refractivity contribution in [2.75, 3.05) is 11.5 Å². The number of nitrogens with zero attached hydrogens (tertiary/aromatic N) is 1. The second-order valence-corrected chi connectivity index (χ2v) is 11.9. The third kappa shape index (κ3) is 4.80. The van der Waals surface area contributed by atoms with Gasteiger partial charge < -0.3 is 19.1 Å². The lowest BCUT2D eigenvalue weighted by Gasteiger charge is -2.24. The first-order valence-corrected chi connectivity index (χ1v) is 14.1. The maximum atomic E-state index is 14.6. The van der Waals surface area contributed by atoms with Crippen LogP contribution in [0, 0.1) is 24.6 Å². The highest BCUT2D eigenvalue weighted by molar-refractivity contribution is 7.91. The summed E-state index contributed by atoms with van der Waals surface area (Å²) in [5.41, 5.74) is 5.20. The van der Waals surface area contributed by atoms with Crippen molar-refractivity contribution in [3.8, 4) is 22.8 Å². The Morgan fingerprint density at radius 1 is 1.16 bits per heavy atom. The second kappa shape index (κ2) is 9.65. The van der Waals surface area contributed by atoms with Gasteiger partial charge in [0.1, 0.15) is 35.8 Å². The van der Waals surface area contributed by atoms with E-state index in [9.17, 15) is 18.8 Å². The van der Waals surface area contributed by atoms with Crippen molar-refractivity contribution < 1.29 is 28.3 Å². The van der Waals surface area contributed by atoms with Crippen molar-refractivity contribution in [1.29, 1.82) is 0 Å². The molecular weight excluding hydrogens is 493 g/mol. The largest absolute Gasteiger partial charge is 0.616 e. The Bertz CT molecular complexity index is 1360. The molecule has 1 saturated heterocycles. The summed E-state index contributed by atoms with van der Waals surface area (Å²) >= 11 is -0.734. The predicted octanol–water partition coefficient (Wildman–Crippen LogP) is 5.04. The first kappa shape index (κ1) is 24.2. The number of aromatic nitrogens is 1. The van der Waals surface area contributed by atoms with E-state index in [1.165, 1.54) is 6.07 Å². The molecule has 6 nitrogen and oxygen atoms in total. The summed E-state index contributed by atoms with van der Waals surface area (Å²) in [5, 5.41) is 9.31. The van der Waals surface area contributed by atoms with Gasteiger partial charge in [0.25, 0.3) is 0 Å². The Labute approximate surface area is 218 Å². The molecule has 0 amide bonds. The lowest BCUT2D eigenvalue weighted by Crippen LogP contribution is -2.30. The van der Waals surface area contributed by atoms with Gasteiger partial charge in [-0.1, -0.05) is 23.3 Å². The zero-order valence-corrected chi connectivity index (χ0v) is 21.3. The molecule has 0 spiro atoms. The van der Waals surface area contributed by atoms with E-state index < -0.39 is 17.1 Å². The molecule has 1 aliphatic heterocycles. The number of hydrogen-bond acceptors (Lipinski definition) is 5. The van der Waals surface area contributed by atoms with Gasteiger partial charge in [-0.15, -0.1) is 0 Å². The molecule has 3 aromatic rings. The monoisotopic (exact) mass is 521 g/mol. The molecule has 1 aromatic heterocycles. The van der Waals surface area contributed by atoms with E-state index in [0.717, 1.165) is 47.2 Å². The number of carboxylic acid groups (broad SMARTS) is 1. The van der Waals surface area contributed by atoms with E-state index in [-0.39, 0.29) is 36.3 Å². The molecule has 1 N–H and O–H groups in total. The quantitative estimate of drug-likeness (QED) is 0.438. The molecule has 192 valence electrons. The fraction of sp³-hybridized carbons (Fsp3) is 0.379. The van der Waals surface area contributed by atoms with Crippen LogP contribution in [0.4, 0.5) is 4.39 Å². The number of hydrogen-bond donors (Lipinski definition) is 1. The number of carbonyl (C=O) groups is 1. The highest BCUT2D eigenvalue weighted by Gasteiger charge is 2.59. The molecule has 1 saturated carbocycles. The summed E-state index contributed by atoms with van der Waals surface area (Å²) in [6, 6.07) is 14.5. The smallest absolute Gasteiger partial charge is 0.307 e. The summed E-state index contributed by atoms with van der Waals surface area (Å²) in [6.45, 7) is 1.99. The standard InChI is InChI=1S/C29H28FNO5S/c1-16-22(5-7-26(31-16)36-20-8-10-37(34)11-9-20)17-2-6-25(30)19(12-17)15-35-21-3-4-23-18(13-21)14-24-27(23)28(24)29(32)33/h2-7,12-13,20,24,27-28H,8-11,14-15H2,1H3,(H,32,33). The van der Waals surface area contributed by atoms with Crippen LogP contribution in [0.25, 0.3) is 11.1 Å². The number of aliphatic carboxylic acids is 1. The Kier molecular flexibility index (Phi) is 6.32. The van der Waals surface area contributed by atoms with Crippen LogP contribution >= 0.6 is 0 Å². The molecule has 2 aromatic carbocycles. The van der Waals surface area contributed by atoms with Gasteiger partial charge in [0.05, 0.1) is 5.92 Å². The van der Waals surface area contributed by atoms with Gasteiger partial charge in [0.2, 0.25) is 5.88 Å². The van der Waals surface area contributed by atoms with Crippen molar-refractivity contribution in [3.05, 3.63) is 76.7 Å². The average Bonchev–Trinajstić information content (AvgIpc) is 3.48. The summed E-state index contributed by atoms with van der Waals surface area (Å²) in [5.74, 6) is 1.54. The minimum atomic E-state index is -0.734. The van der Waals surface area contributed by atoms with Crippen LogP contribution < -0.4 is 9.47 Å². The number of benzene rings is 2. The second-order valence-electron chi connectivity index (χ2n) is 10.2. The molecule has 0 bridgehead atoms. The van der Waals surface area contributed by atoms with Gasteiger partial charge in [0.15, 0.2) is 0 Å². The van der Waals surface area contributed by atoms with E-state index in [0.29, 0.717) is 28.7 Å². The van der Waals surface area contributed by atoms with Gasteiger partial charge >= 0.3 is 5.97 Å². The molecular formula is C29H28FNO5S. The number of rotatable bonds is 7. The van der Waals surface area contributed by atoms with Crippen LogP contribution in [0.2, 0.25) is 0 Å². The Hall–Kier alpha value is -3.10. The number of fused-ring (bicyclic) bond motifs is 3. The molecule has 3 aliphatic rings. The molecule has 3 unspecified atom stereocenters. The summed E-state index contributed by atoms with van der Waals surface area (Å²) in [6.07, 6.45) is 2.33. The fourth-order valence-electron chi connectivity index (χ4n) is 5.80. The average molecular weight is 522 g/mol. The third-order valence-electron chi connectivity index (χ3n) is 7.82. The number of halogens is 1. The zero-order chi connectivity index (χ0) is 25.7. The zero-order valence-electron chi connectivity index (χ0n) is 20.5. The maximum absolute atomic E-state index is 14.6. The molecule has 37 heavy (non-hydrogen) atoms. The van der Waals surface area contributed by atoms with Crippen LogP contribution in [0.15, 0.2) is 48.5 Å². The van der Waals surface area contributed by atoms with Crippen molar-refractivity contribution in [3.63, 3.8) is 0 Å². The van der Waals surface area contributed by atoms with Crippen LogP contribution in [0.5, 0.6) is 11.6 Å². The summed E-state index contributed by atoms with van der Waals surface area (Å²) in [7, 11) is 0. The van der Waals surface area contributed by atoms with E-state index in [4.69, 9.17) is 9.47 Å². The van der Waals surface area contributed by atoms with Gasteiger partial charge in [-0.05, 0) is 66.3 Å². The van der Waals surface area contributed by atoms with Gasteiger partial charge in [-0.2, -0.15) is 0 Å². The Morgan fingerprint density at radius 2 is 1.97 bits per heavy atom. The number of ether oxygens (including phenoxy) is 2. The molecule has 3 atom stereocenters. The van der Waals surface area contributed by atoms with Crippen molar-refractivity contribution in [2.45, 2.75) is 44.8 Å². The number of aryl methyl sites for hydroxylation is 1. The van der Waals surface area contributed by atoms with Crippen molar-refractivity contribution in [1.82, 2.24) is 4.98 Å². The minimum absolute atomic E-state index is 0.0358. The Balaban J connectivity index is 1.13. The fourth-order valence-corrected chi connectivity index (χ4v) is 7.06. The Morgan fingerprint density at radius 3 is 2.73 bits per heavy atom. The van der Waals surface area contributed by atoms with Crippen LogP contribution in [0.3, 0.4) is 0 Å². The normalized spacial score (nSPS) is 25.8. The van der Waals surface area contributed by atoms with E-state index in [1.807, 2.05) is 37.3 Å². The number of pyridine rings is 1. The minimum Gasteiger partial charge on any atom is -0.616 e. The molecule has 2 fully saturated rings. The van der Waals surface area contributed by atoms with Crippen molar-refractivity contribution in [2.24, 2.45) is 11.8 Å². The molecule has 8 heteroatoms. The maximum Gasteiger partial charge on any atom is 0.307 e. The van der Waals surface area contributed by atoms with Gasteiger partial charge in [0, 0.05) is 41.6 Å². The molecule has 6 rings (SSSR count). The van der Waals surface area contributed by atoms with Gasteiger partial charge in [-0.3, -0.25) is 4.79 Å². The van der Waals surface area contributed by atoms with Crippen LogP contribution in [-0.4, -0.2) is 38.2 Å². The highest BCUT2D eigenvalue weighted by Crippen LogP contribution is 2.61. The SMILES string of the molecule is Cc1nc(OC2CC[S+]([O-])CC2)ccc1-c1ccc(F)c(COc2ccc3c(c2)CC2C(C(=O)O)C32)c1. The third-order valence-corrected chi connectivity index (χ3v) is 9.20.